The third kappa shape index (κ3) is 21.2. The van der Waals surface area contributed by atoms with E-state index in [-0.39, 0.29) is 5.04 Å². The molecule has 2 aromatic carbocycles. The molecule has 0 aliphatic carbocycles. The lowest BCUT2D eigenvalue weighted by Crippen LogP contribution is -2.66. The van der Waals surface area contributed by atoms with Crippen LogP contribution in [-0.2, 0) is 47.1 Å². The summed E-state index contributed by atoms with van der Waals surface area (Å²) in [5.74, 6) is 0. The summed E-state index contributed by atoms with van der Waals surface area (Å²) in [5, 5.41) is 2.49. The molecule has 52 heavy (non-hydrogen) atoms. The predicted molar refractivity (Wildman–Crippen MR) is 210 cm³/mol. The molecule has 0 unspecified atom stereocenters. The zero-order valence-electron chi connectivity index (χ0n) is 32.8. The summed E-state index contributed by atoms with van der Waals surface area (Å²) in [6, 6.07) is 21.3. The second-order valence-electron chi connectivity index (χ2n) is 13.4. The van der Waals surface area contributed by atoms with Gasteiger partial charge >= 0.3 is 0 Å². The number of hydrogen-bond donors (Lipinski definition) is 0. The van der Waals surface area contributed by atoms with Crippen LogP contribution in [-0.4, -0.2) is 134 Å². The standard InChI is InChI=1S/C41H70O10Si/c1-5-6-7-8-15-20-42-21-22-43-23-24-44-25-26-45-27-28-46-29-30-47-31-32-48-33-34-49-35-36-50-37-38-51-52(41(2,3)4,39-16-11-9-12-17-39)40-18-13-10-14-19-40/h9-14,16-19H,5-8,15,20-38H2,1-4H3. The highest BCUT2D eigenvalue weighted by molar-refractivity contribution is 6.99. The van der Waals surface area contributed by atoms with Crippen molar-refractivity contribution in [3.63, 3.8) is 0 Å². The summed E-state index contributed by atoms with van der Waals surface area (Å²) in [6.45, 7) is 19.6. The second kappa shape index (κ2) is 31.6. The van der Waals surface area contributed by atoms with Crippen LogP contribution >= 0.6 is 0 Å². The third-order valence-electron chi connectivity index (χ3n) is 8.33. The van der Waals surface area contributed by atoms with Crippen LogP contribution in [0.3, 0.4) is 0 Å². The predicted octanol–water partition coefficient (Wildman–Crippen LogP) is 5.68. The lowest BCUT2D eigenvalue weighted by Gasteiger charge is -2.43. The highest BCUT2D eigenvalue weighted by Gasteiger charge is 2.50. The van der Waals surface area contributed by atoms with Crippen LogP contribution < -0.4 is 10.4 Å². The topological polar surface area (TPSA) is 92.3 Å². The normalized spacial score (nSPS) is 12.2. The van der Waals surface area contributed by atoms with Crippen molar-refractivity contribution in [2.45, 2.75) is 64.8 Å². The van der Waals surface area contributed by atoms with E-state index in [2.05, 4.69) is 88.4 Å². The molecule has 0 spiro atoms. The first-order valence-electron chi connectivity index (χ1n) is 19.5. The van der Waals surface area contributed by atoms with E-state index in [0.29, 0.717) is 119 Å². The van der Waals surface area contributed by atoms with E-state index >= 15 is 0 Å². The summed E-state index contributed by atoms with van der Waals surface area (Å²) in [5.41, 5.74) is 0. The van der Waals surface area contributed by atoms with E-state index in [1.807, 2.05) is 0 Å². The maximum atomic E-state index is 6.85. The molecule has 0 saturated carbocycles. The quantitative estimate of drug-likeness (QED) is 0.0640. The van der Waals surface area contributed by atoms with Crippen molar-refractivity contribution in [2.75, 3.05) is 126 Å². The van der Waals surface area contributed by atoms with Gasteiger partial charge in [0.05, 0.1) is 119 Å². The smallest absolute Gasteiger partial charge is 0.261 e. The van der Waals surface area contributed by atoms with Crippen molar-refractivity contribution in [2.24, 2.45) is 0 Å². The molecule has 0 aliphatic heterocycles. The number of benzene rings is 2. The van der Waals surface area contributed by atoms with Gasteiger partial charge in [-0.1, -0.05) is 114 Å². The first kappa shape index (κ1) is 46.4. The average Bonchev–Trinajstić information content (AvgIpc) is 3.15. The first-order valence-corrected chi connectivity index (χ1v) is 21.4. The van der Waals surface area contributed by atoms with Crippen molar-refractivity contribution in [1.82, 2.24) is 0 Å². The van der Waals surface area contributed by atoms with Crippen molar-refractivity contribution < 1.29 is 47.1 Å². The largest absolute Gasteiger partial charge is 0.405 e. The Bertz CT molecular complexity index is 1000. The number of hydrogen-bond acceptors (Lipinski definition) is 10. The van der Waals surface area contributed by atoms with E-state index in [9.17, 15) is 0 Å². The Hall–Kier alpha value is -1.74. The zero-order chi connectivity index (χ0) is 37.3. The van der Waals surface area contributed by atoms with Crippen LogP contribution in [0.25, 0.3) is 0 Å². The Morgan fingerprint density at radius 1 is 0.365 bits per heavy atom. The lowest BCUT2D eigenvalue weighted by atomic mass is 10.2. The first-order chi connectivity index (χ1) is 25.5. The summed E-state index contributed by atoms with van der Waals surface area (Å²) in [4.78, 5) is 0. The van der Waals surface area contributed by atoms with E-state index in [1.54, 1.807) is 0 Å². The van der Waals surface area contributed by atoms with Gasteiger partial charge in [0.1, 0.15) is 0 Å². The maximum Gasteiger partial charge on any atom is 0.261 e. The fraction of sp³-hybridized carbons (Fsp3) is 0.707. The van der Waals surface area contributed by atoms with Gasteiger partial charge in [0, 0.05) is 6.61 Å². The van der Waals surface area contributed by atoms with Crippen molar-refractivity contribution in [3.8, 4) is 0 Å². The maximum absolute atomic E-state index is 6.85. The monoisotopic (exact) mass is 750 g/mol. The van der Waals surface area contributed by atoms with Gasteiger partial charge in [0.15, 0.2) is 0 Å². The summed E-state index contributed by atoms with van der Waals surface area (Å²) < 4.78 is 57.2. The van der Waals surface area contributed by atoms with Crippen molar-refractivity contribution in [3.05, 3.63) is 60.7 Å². The molecule has 0 atom stereocenters. The molecule has 2 aromatic rings. The Morgan fingerprint density at radius 2 is 0.654 bits per heavy atom. The minimum absolute atomic E-state index is 0.0522. The molecule has 0 amide bonds. The molecule has 0 bridgehead atoms. The van der Waals surface area contributed by atoms with E-state index in [1.165, 1.54) is 36.1 Å². The average molecular weight is 751 g/mol. The van der Waals surface area contributed by atoms with Crippen LogP contribution in [0.15, 0.2) is 60.7 Å². The van der Waals surface area contributed by atoms with Gasteiger partial charge in [0.2, 0.25) is 0 Å². The third-order valence-corrected chi connectivity index (χ3v) is 13.4. The molecule has 0 N–H and O–H groups in total. The van der Waals surface area contributed by atoms with Crippen molar-refractivity contribution in [1.29, 1.82) is 0 Å². The molecule has 0 aromatic heterocycles. The van der Waals surface area contributed by atoms with Gasteiger partial charge in [-0.15, -0.1) is 0 Å². The van der Waals surface area contributed by atoms with Crippen molar-refractivity contribution >= 4 is 18.7 Å². The van der Waals surface area contributed by atoms with Crippen LogP contribution in [0.2, 0.25) is 5.04 Å². The molecule has 11 heteroatoms. The highest BCUT2D eigenvalue weighted by atomic mass is 28.4. The Morgan fingerprint density at radius 3 is 0.962 bits per heavy atom. The minimum atomic E-state index is -2.53. The molecule has 2 rings (SSSR count). The van der Waals surface area contributed by atoms with Gasteiger partial charge in [-0.25, -0.2) is 0 Å². The van der Waals surface area contributed by atoms with E-state index in [4.69, 9.17) is 47.1 Å². The fourth-order valence-electron chi connectivity index (χ4n) is 5.68. The van der Waals surface area contributed by atoms with E-state index < -0.39 is 8.32 Å². The molecule has 0 radical (unpaired) electrons. The summed E-state index contributed by atoms with van der Waals surface area (Å²) >= 11 is 0. The van der Waals surface area contributed by atoms with Gasteiger partial charge in [-0.2, -0.15) is 0 Å². The van der Waals surface area contributed by atoms with Gasteiger partial charge in [-0.05, 0) is 21.8 Å². The Labute approximate surface area is 316 Å². The molecule has 298 valence electrons. The van der Waals surface area contributed by atoms with Crippen LogP contribution in [0, 0.1) is 0 Å². The SMILES string of the molecule is CCCCCCCOCCOCCOCCOCCOCCOCCOCCOCCOCCO[Si](c1ccccc1)(c1ccccc1)C(C)(C)C. The highest BCUT2D eigenvalue weighted by Crippen LogP contribution is 2.36. The number of ether oxygens (including phenoxy) is 9. The molecule has 0 aliphatic rings. The molecular formula is C41H70O10Si. The van der Waals surface area contributed by atoms with Gasteiger partial charge < -0.3 is 47.1 Å². The van der Waals surface area contributed by atoms with Crippen LogP contribution in [0.1, 0.15) is 59.8 Å². The lowest BCUT2D eigenvalue weighted by molar-refractivity contribution is -0.0254. The molecule has 0 saturated heterocycles. The van der Waals surface area contributed by atoms with E-state index in [0.717, 1.165) is 13.0 Å². The summed E-state index contributed by atoms with van der Waals surface area (Å²) in [6.07, 6.45) is 6.28. The molecule has 0 heterocycles. The Balaban J connectivity index is 1.32. The van der Waals surface area contributed by atoms with Crippen LogP contribution in [0.5, 0.6) is 0 Å². The molecule has 10 nitrogen and oxygen atoms in total. The zero-order valence-corrected chi connectivity index (χ0v) is 33.8. The molecular weight excluding hydrogens is 681 g/mol. The number of rotatable bonds is 36. The van der Waals surface area contributed by atoms with Gasteiger partial charge in [-0.3, -0.25) is 0 Å². The Kier molecular flexibility index (Phi) is 28.2. The fourth-order valence-corrected chi connectivity index (χ4v) is 10.2. The second-order valence-corrected chi connectivity index (χ2v) is 17.7. The number of unbranched alkanes of at least 4 members (excludes halogenated alkanes) is 4. The summed E-state index contributed by atoms with van der Waals surface area (Å²) in [7, 11) is -2.53. The van der Waals surface area contributed by atoms with Gasteiger partial charge in [0.25, 0.3) is 8.32 Å². The minimum Gasteiger partial charge on any atom is -0.405 e. The molecule has 0 fully saturated rings. The van der Waals surface area contributed by atoms with Crippen LogP contribution in [0.4, 0.5) is 0 Å².